The smallest absolute Gasteiger partial charge is 0.233 e. The van der Waals surface area contributed by atoms with E-state index in [-0.39, 0.29) is 29.2 Å². The summed E-state index contributed by atoms with van der Waals surface area (Å²) in [4.78, 5) is 25.3. The normalized spacial score (nSPS) is 17.8. The molecule has 6 nitrogen and oxygen atoms in total. The quantitative estimate of drug-likeness (QED) is 0.358. The molecule has 9 heteroatoms. The summed E-state index contributed by atoms with van der Waals surface area (Å²) in [6.45, 7) is 2.67. The Morgan fingerprint density at radius 2 is 2.06 bits per heavy atom. The van der Waals surface area contributed by atoms with Crippen molar-refractivity contribution in [3.05, 3.63) is 41.8 Å². The van der Waals surface area contributed by atoms with Crippen LogP contribution >= 0.6 is 23.1 Å². The lowest BCUT2D eigenvalue weighted by Gasteiger charge is -2.28. The van der Waals surface area contributed by atoms with Gasteiger partial charge >= 0.3 is 0 Å². The topological polar surface area (TPSA) is 80.2 Å². The molecule has 1 aliphatic rings. The molecule has 0 aliphatic carbocycles. The summed E-state index contributed by atoms with van der Waals surface area (Å²) in [5.74, 6) is 1.10. The highest BCUT2D eigenvalue weighted by atomic mass is 32.2. The first-order chi connectivity index (χ1) is 15.0. The van der Waals surface area contributed by atoms with Crippen LogP contribution in [0, 0.1) is 0 Å². The van der Waals surface area contributed by atoms with Crippen molar-refractivity contribution in [3.63, 3.8) is 0 Å². The number of sulfone groups is 1. The van der Waals surface area contributed by atoms with Crippen LogP contribution in [0.5, 0.6) is 0 Å². The number of hydrogen-bond donors (Lipinski definition) is 0. The number of hydrogen-bond acceptors (Lipinski definition) is 7. The SMILES string of the molecule is CCCCN(C(=O)CSc1nc(-c2cccs2)nc2ccccc12)[C@@H]1CCS(=O)(=O)C1. The van der Waals surface area contributed by atoms with Crippen molar-refractivity contribution >= 4 is 49.7 Å². The highest BCUT2D eigenvalue weighted by molar-refractivity contribution is 8.00. The Hall–Kier alpha value is -1.97. The van der Waals surface area contributed by atoms with E-state index in [4.69, 9.17) is 4.98 Å². The van der Waals surface area contributed by atoms with Gasteiger partial charge in [0.15, 0.2) is 15.7 Å². The minimum atomic E-state index is -3.05. The van der Waals surface area contributed by atoms with Crippen LogP contribution in [-0.2, 0) is 14.6 Å². The van der Waals surface area contributed by atoms with Crippen LogP contribution in [0.15, 0.2) is 46.8 Å². The maximum absolute atomic E-state index is 13.1. The predicted octanol–water partition coefficient (Wildman–Crippen LogP) is 4.27. The molecule has 4 rings (SSSR count). The molecule has 0 saturated carbocycles. The van der Waals surface area contributed by atoms with Gasteiger partial charge in [-0.05, 0) is 30.4 Å². The number of benzene rings is 1. The molecule has 1 saturated heterocycles. The molecule has 3 heterocycles. The summed E-state index contributed by atoms with van der Waals surface area (Å²) >= 11 is 2.98. The van der Waals surface area contributed by atoms with Crippen LogP contribution in [0.3, 0.4) is 0 Å². The number of thiophene rings is 1. The summed E-state index contributed by atoms with van der Waals surface area (Å²) < 4.78 is 23.9. The molecule has 1 amide bonds. The molecular formula is C22H25N3O3S3. The largest absolute Gasteiger partial charge is 0.338 e. The first-order valence-electron chi connectivity index (χ1n) is 10.4. The average Bonchev–Trinajstić information content (AvgIpc) is 3.42. The maximum atomic E-state index is 13.1. The van der Waals surface area contributed by atoms with Crippen LogP contribution in [0.4, 0.5) is 0 Å². The van der Waals surface area contributed by atoms with Gasteiger partial charge in [0, 0.05) is 18.0 Å². The molecular weight excluding hydrogens is 450 g/mol. The minimum absolute atomic E-state index is 0.0269. The third kappa shape index (κ3) is 5.27. The number of unbranched alkanes of at least 4 members (excludes halogenated alkanes) is 1. The zero-order valence-corrected chi connectivity index (χ0v) is 19.8. The van der Waals surface area contributed by atoms with E-state index in [1.807, 2.05) is 41.8 Å². The van der Waals surface area contributed by atoms with Crippen LogP contribution in [0.2, 0.25) is 0 Å². The predicted molar refractivity (Wildman–Crippen MR) is 127 cm³/mol. The maximum Gasteiger partial charge on any atom is 0.233 e. The molecule has 0 spiro atoms. The third-order valence-corrected chi connectivity index (χ3v) is 8.96. The van der Waals surface area contributed by atoms with Crippen molar-refractivity contribution in [2.24, 2.45) is 0 Å². The zero-order chi connectivity index (χ0) is 21.8. The summed E-state index contributed by atoms with van der Waals surface area (Å²) in [6, 6.07) is 11.6. The van der Waals surface area contributed by atoms with E-state index in [1.165, 1.54) is 11.8 Å². The van der Waals surface area contributed by atoms with Gasteiger partial charge in [0.2, 0.25) is 5.91 Å². The van der Waals surface area contributed by atoms with Crippen molar-refractivity contribution in [2.75, 3.05) is 23.8 Å². The lowest BCUT2D eigenvalue weighted by Crippen LogP contribution is -2.42. The Morgan fingerprint density at radius 3 is 2.77 bits per heavy atom. The number of fused-ring (bicyclic) bond motifs is 1. The molecule has 31 heavy (non-hydrogen) atoms. The second-order valence-corrected chi connectivity index (χ2v) is 11.8. The molecule has 1 aliphatic heterocycles. The number of thioether (sulfide) groups is 1. The van der Waals surface area contributed by atoms with E-state index in [1.54, 1.807) is 16.2 Å². The zero-order valence-electron chi connectivity index (χ0n) is 17.4. The first-order valence-corrected chi connectivity index (χ1v) is 14.1. The van der Waals surface area contributed by atoms with Crippen molar-refractivity contribution in [3.8, 4) is 10.7 Å². The number of carbonyl (C=O) groups is 1. The molecule has 0 N–H and O–H groups in total. The van der Waals surface area contributed by atoms with Crippen molar-refractivity contribution in [1.82, 2.24) is 14.9 Å². The van der Waals surface area contributed by atoms with Gasteiger partial charge in [-0.3, -0.25) is 4.79 Å². The number of aromatic nitrogens is 2. The second-order valence-electron chi connectivity index (χ2n) is 7.63. The van der Waals surface area contributed by atoms with Gasteiger partial charge in [-0.15, -0.1) is 11.3 Å². The lowest BCUT2D eigenvalue weighted by atomic mass is 10.2. The molecule has 1 atom stereocenters. The second kappa shape index (κ2) is 9.67. The Kier molecular flexibility index (Phi) is 6.93. The molecule has 0 radical (unpaired) electrons. The van der Waals surface area contributed by atoms with Crippen LogP contribution in [-0.4, -0.2) is 59.0 Å². The summed E-state index contributed by atoms with van der Waals surface area (Å²) in [5, 5.41) is 3.69. The first kappa shape index (κ1) is 22.2. The van der Waals surface area contributed by atoms with Gasteiger partial charge < -0.3 is 4.90 Å². The van der Waals surface area contributed by atoms with E-state index in [9.17, 15) is 13.2 Å². The highest BCUT2D eigenvalue weighted by Gasteiger charge is 2.34. The Morgan fingerprint density at radius 1 is 1.23 bits per heavy atom. The molecule has 1 aromatic carbocycles. The van der Waals surface area contributed by atoms with Crippen LogP contribution in [0.25, 0.3) is 21.6 Å². The van der Waals surface area contributed by atoms with E-state index in [0.717, 1.165) is 33.6 Å². The van der Waals surface area contributed by atoms with Gasteiger partial charge in [0.05, 0.1) is 27.7 Å². The molecule has 0 unspecified atom stereocenters. The number of amides is 1. The third-order valence-electron chi connectivity index (χ3n) is 5.36. The van der Waals surface area contributed by atoms with Crippen molar-refractivity contribution in [2.45, 2.75) is 37.3 Å². The Labute approximate surface area is 191 Å². The summed E-state index contributed by atoms with van der Waals surface area (Å²) in [5.41, 5.74) is 0.848. The van der Waals surface area contributed by atoms with E-state index in [2.05, 4.69) is 11.9 Å². The fourth-order valence-corrected chi connectivity index (χ4v) is 7.04. The lowest BCUT2D eigenvalue weighted by molar-refractivity contribution is -0.130. The molecule has 1 fully saturated rings. The molecule has 2 aromatic heterocycles. The van der Waals surface area contributed by atoms with Crippen LogP contribution < -0.4 is 0 Å². The molecule has 164 valence electrons. The fourth-order valence-electron chi connectivity index (χ4n) is 3.75. The van der Waals surface area contributed by atoms with E-state index < -0.39 is 9.84 Å². The standard InChI is InChI=1S/C22H25N3O3S3/c1-2-3-11-25(16-10-13-31(27,28)15-16)20(26)14-30-22-17-7-4-5-8-18(17)23-21(24-22)19-9-6-12-29-19/h4-9,12,16H,2-3,10-11,13-15H2,1H3/t16-/m1/s1. The average molecular weight is 476 g/mol. The van der Waals surface area contributed by atoms with Gasteiger partial charge in [0.25, 0.3) is 0 Å². The van der Waals surface area contributed by atoms with E-state index >= 15 is 0 Å². The number of para-hydroxylation sites is 1. The van der Waals surface area contributed by atoms with Gasteiger partial charge in [-0.2, -0.15) is 0 Å². The minimum Gasteiger partial charge on any atom is -0.338 e. The summed E-state index contributed by atoms with van der Waals surface area (Å²) in [7, 11) is -3.05. The van der Waals surface area contributed by atoms with Gasteiger partial charge in [0.1, 0.15) is 5.03 Å². The Balaban J connectivity index is 1.56. The van der Waals surface area contributed by atoms with Crippen LogP contribution in [0.1, 0.15) is 26.2 Å². The van der Waals surface area contributed by atoms with Gasteiger partial charge in [-0.25, -0.2) is 18.4 Å². The van der Waals surface area contributed by atoms with Gasteiger partial charge in [-0.1, -0.05) is 49.4 Å². The van der Waals surface area contributed by atoms with Crippen molar-refractivity contribution in [1.29, 1.82) is 0 Å². The van der Waals surface area contributed by atoms with Crippen molar-refractivity contribution < 1.29 is 13.2 Å². The number of rotatable bonds is 8. The molecule has 0 bridgehead atoms. The fraction of sp³-hybridized carbons (Fsp3) is 0.409. The summed E-state index contributed by atoms with van der Waals surface area (Å²) in [6.07, 6.45) is 2.35. The monoisotopic (exact) mass is 475 g/mol. The highest BCUT2D eigenvalue weighted by Crippen LogP contribution is 2.30. The number of nitrogens with zero attached hydrogens (tertiary/aromatic N) is 3. The number of carbonyl (C=O) groups excluding carboxylic acids is 1. The molecule has 3 aromatic rings. The van der Waals surface area contributed by atoms with E-state index in [0.29, 0.717) is 18.8 Å². The Bertz CT molecular complexity index is 1160.